The van der Waals surface area contributed by atoms with Crippen molar-refractivity contribution in [2.24, 2.45) is 0 Å². The maximum Gasteiger partial charge on any atom is 0.147 e. The number of alkyl halides is 2. The number of nitrogens with zero attached hydrogens (tertiary/aromatic N) is 2. The molecule has 1 atom stereocenters. The largest absolute Gasteiger partial charge is 0.375 e. The van der Waals surface area contributed by atoms with Gasteiger partial charge in [0.25, 0.3) is 0 Å². The second-order valence-corrected chi connectivity index (χ2v) is 5.71. The zero-order valence-electron chi connectivity index (χ0n) is 10.2. The Kier molecular flexibility index (Phi) is 5.27. The van der Waals surface area contributed by atoms with Crippen molar-refractivity contribution in [2.45, 2.75) is 17.6 Å². The maximum atomic E-state index is 9.77. The van der Waals surface area contributed by atoms with Crippen LogP contribution in [0.2, 0.25) is 0 Å². The Morgan fingerprint density at radius 2 is 1.67 bits per heavy atom. The number of hydrogen-bond donors (Lipinski definition) is 1. The third-order valence-electron chi connectivity index (χ3n) is 3.26. The van der Waals surface area contributed by atoms with E-state index < -0.39 is 11.1 Å². The van der Waals surface area contributed by atoms with Crippen molar-refractivity contribution < 1.29 is 5.11 Å². The van der Waals surface area contributed by atoms with Gasteiger partial charge in [0, 0.05) is 32.7 Å². The first kappa shape index (κ1) is 14.1. The second kappa shape index (κ2) is 6.73. The van der Waals surface area contributed by atoms with Crippen LogP contribution in [0.5, 0.6) is 0 Å². The van der Waals surface area contributed by atoms with Gasteiger partial charge in [0.05, 0.1) is 0 Å². The molecule has 1 aromatic carbocycles. The van der Waals surface area contributed by atoms with Gasteiger partial charge in [0.15, 0.2) is 0 Å². The first-order valence-corrected chi connectivity index (χ1v) is 7.00. The number of hydrogen-bond acceptors (Lipinski definition) is 3. The van der Waals surface area contributed by atoms with Crippen LogP contribution in [0.1, 0.15) is 5.56 Å². The van der Waals surface area contributed by atoms with E-state index in [4.69, 9.17) is 23.2 Å². The summed E-state index contributed by atoms with van der Waals surface area (Å²) in [4.78, 5) is 3.55. The number of halogens is 2. The molecule has 3 nitrogen and oxygen atoms in total. The molecule has 0 spiro atoms. The van der Waals surface area contributed by atoms with Crippen molar-refractivity contribution in [1.29, 1.82) is 0 Å². The van der Waals surface area contributed by atoms with Crippen molar-refractivity contribution >= 4 is 23.2 Å². The van der Waals surface area contributed by atoms with Crippen LogP contribution in [0, 0.1) is 0 Å². The molecule has 100 valence electrons. The fourth-order valence-electron chi connectivity index (χ4n) is 2.19. The van der Waals surface area contributed by atoms with Gasteiger partial charge in [-0.25, -0.2) is 0 Å². The van der Waals surface area contributed by atoms with Crippen LogP contribution >= 0.6 is 23.2 Å². The molecule has 0 amide bonds. The molecule has 1 aliphatic rings. The molecule has 1 N–H and O–H groups in total. The van der Waals surface area contributed by atoms with Gasteiger partial charge in [0.1, 0.15) is 11.1 Å². The zero-order chi connectivity index (χ0) is 13.0. The minimum absolute atomic E-state index is 0.745. The van der Waals surface area contributed by atoms with Gasteiger partial charge >= 0.3 is 0 Å². The standard InChI is InChI=1S/C13H18Cl2N2O/c14-12(15)13(18)17-8-6-16(7-9-17)10-11-4-2-1-3-5-11/h1-5,12-13,18H,6-10H2. The lowest BCUT2D eigenvalue weighted by atomic mass is 10.2. The van der Waals surface area contributed by atoms with E-state index >= 15 is 0 Å². The Hall–Kier alpha value is -0.320. The molecule has 1 aromatic rings. The fraction of sp³-hybridized carbons (Fsp3) is 0.538. The molecule has 1 heterocycles. The van der Waals surface area contributed by atoms with Crippen molar-refractivity contribution in [3.05, 3.63) is 35.9 Å². The van der Waals surface area contributed by atoms with Crippen LogP contribution in [0.15, 0.2) is 30.3 Å². The Bertz CT molecular complexity index is 353. The predicted molar refractivity (Wildman–Crippen MR) is 74.8 cm³/mol. The molecule has 0 aromatic heterocycles. The molecule has 0 saturated carbocycles. The Labute approximate surface area is 118 Å². The SMILES string of the molecule is OC(C(Cl)Cl)N1CCN(Cc2ccccc2)CC1. The summed E-state index contributed by atoms with van der Waals surface area (Å²) in [5, 5.41) is 9.77. The topological polar surface area (TPSA) is 26.7 Å². The van der Waals surface area contributed by atoms with Gasteiger partial charge in [-0.15, -0.1) is 23.2 Å². The molecule has 5 heteroatoms. The molecule has 1 aliphatic heterocycles. The maximum absolute atomic E-state index is 9.77. The molecular weight excluding hydrogens is 271 g/mol. The highest BCUT2D eigenvalue weighted by Gasteiger charge is 2.25. The highest BCUT2D eigenvalue weighted by Crippen LogP contribution is 2.15. The van der Waals surface area contributed by atoms with Gasteiger partial charge in [-0.1, -0.05) is 30.3 Å². The molecule has 1 unspecified atom stereocenters. The smallest absolute Gasteiger partial charge is 0.147 e. The molecular formula is C13H18Cl2N2O. The van der Waals surface area contributed by atoms with E-state index in [1.807, 2.05) is 11.0 Å². The van der Waals surface area contributed by atoms with E-state index in [0.717, 1.165) is 32.7 Å². The number of benzene rings is 1. The first-order valence-electron chi connectivity index (χ1n) is 6.13. The normalized spacial score (nSPS) is 20.2. The summed E-state index contributed by atoms with van der Waals surface area (Å²) < 4.78 is 0. The van der Waals surface area contributed by atoms with Gasteiger partial charge in [-0.2, -0.15) is 0 Å². The summed E-state index contributed by atoms with van der Waals surface area (Å²) in [5.41, 5.74) is 1.32. The highest BCUT2D eigenvalue weighted by molar-refractivity contribution is 6.44. The third kappa shape index (κ3) is 3.84. The summed E-state index contributed by atoms with van der Waals surface area (Å²) in [5.74, 6) is 0. The van der Waals surface area contributed by atoms with Crippen LogP contribution in [-0.4, -0.2) is 52.1 Å². The van der Waals surface area contributed by atoms with E-state index in [-0.39, 0.29) is 0 Å². The van der Waals surface area contributed by atoms with E-state index in [1.165, 1.54) is 5.56 Å². The van der Waals surface area contributed by atoms with Gasteiger partial charge in [-0.05, 0) is 5.56 Å². The van der Waals surface area contributed by atoms with Gasteiger partial charge in [0.2, 0.25) is 0 Å². The molecule has 1 fully saturated rings. The van der Waals surface area contributed by atoms with Crippen molar-refractivity contribution in [3.8, 4) is 0 Å². The van der Waals surface area contributed by atoms with E-state index in [1.54, 1.807) is 0 Å². The summed E-state index contributed by atoms with van der Waals surface area (Å²) in [6, 6.07) is 10.4. The quantitative estimate of drug-likeness (QED) is 0.858. The molecule has 18 heavy (non-hydrogen) atoms. The van der Waals surface area contributed by atoms with Crippen LogP contribution in [0.4, 0.5) is 0 Å². The Morgan fingerprint density at radius 1 is 1.06 bits per heavy atom. The fourth-order valence-corrected chi connectivity index (χ4v) is 2.51. The molecule has 0 aliphatic carbocycles. The lowest BCUT2D eigenvalue weighted by Crippen LogP contribution is -2.51. The summed E-state index contributed by atoms with van der Waals surface area (Å²) >= 11 is 11.4. The van der Waals surface area contributed by atoms with Crippen LogP contribution in [0.3, 0.4) is 0 Å². The van der Waals surface area contributed by atoms with Crippen molar-refractivity contribution in [1.82, 2.24) is 9.80 Å². The summed E-state index contributed by atoms with van der Waals surface area (Å²) in [6.45, 7) is 4.39. The van der Waals surface area contributed by atoms with Crippen LogP contribution in [-0.2, 0) is 6.54 Å². The molecule has 2 rings (SSSR count). The zero-order valence-corrected chi connectivity index (χ0v) is 11.7. The van der Waals surface area contributed by atoms with Gasteiger partial charge < -0.3 is 5.11 Å². The van der Waals surface area contributed by atoms with E-state index in [0.29, 0.717) is 0 Å². The molecule has 0 bridgehead atoms. The number of piperazine rings is 1. The minimum atomic E-state index is -0.757. The monoisotopic (exact) mass is 288 g/mol. The van der Waals surface area contributed by atoms with Crippen LogP contribution < -0.4 is 0 Å². The number of aliphatic hydroxyl groups is 1. The number of aliphatic hydroxyl groups excluding tert-OH is 1. The Balaban J connectivity index is 1.80. The van der Waals surface area contributed by atoms with E-state index in [9.17, 15) is 5.11 Å². The van der Waals surface area contributed by atoms with Crippen molar-refractivity contribution in [3.63, 3.8) is 0 Å². The second-order valence-electron chi connectivity index (χ2n) is 4.55. The number of rotatable bonds is 4. The molecule has 1 saturated heterocycles. The molecule has 0 radical (unpaired) electrons. The minimum Gasteiger partial charge on any atom is -0.375 e. The van der Waals surface area contributed by atoms with Crippen LogP contribution in [0.25, 0.3) is 0 Å². The highest BCUT2D eigenvalue weighted by atomic mass is 35.5. The summed E-state index contributed by atoms with van der Waals surface area (Å²) in [7, 11) is 0. The van der Waals surface area contributed by atoms with Gasteiger partial charge in [-0.3, -0.25) is 9.80 Å². The predicted octanol–water partition coefficient (Wildman–Crippen LogP) is 1.93. The summed E-state index contributed by atoms with van der Waals surface area (Å²) in [6.07, 6.45) is -0.757. The first-order chi connectivity index (χ1) is 8.66. The van der Waals surface area contributed by atoms with E-state index in [2.05, 4.69) is 29.2 Å². The third-order valence-corrected chi connectivity index (χ3v) is 3.71. The average Bonchev–Trinajstić information content (AvgIpc) is 2.40. The average molecular weight is 289 g/mol. The Morgan fingerprint density at radius 3 is 2.22 bits per heavy atom. The lowest BCUT2D eigenvalue weighted by Gasteiger charge is -2.37. The lowest BCUT2D eigenvalue weighted by molar-refractivity contribution is -0.0176. The van der Waals surface area contributed by atoms with Crippen molar-refractivity contribution in [2.75, 3.05) is 26.2 Å².